The van der Waals surface area contributed by atoms with E-state index in [1.165, 1.54) is 0 Å². The highest BCUT2D eigenvalue weighted by Gasteiger charge is 2.14. The number of hydrazine groups is 1. The number of rotatable bonds is 5. The number of aromatic nitrogens is 2. The molecule has 0 saturated carbocycles. The third kappa shape index (κ3) is 4.70. The van der Waals surface area contributed by atoms with Gasteiger partial charge in [-0.15, -0.1) is 0 Å². The zero-order valence-corrected chi connectivity index (χ0v) is 14.1. The molecule has 1 unspecified atom stereocenters. The number of carbonyl (C=O) groups excluding carboxylic acids is 1. The van der Waals surface area contributed by atoms with Gasteiger partial charge in [0.15, 0.2) is 6.10 Å². The van der Waals surface area contributed by atoms with Crippen LogP contribution in [0.15, 0.2) is 34.8 Å². The monoisotopic (exact) mass is 364 g/mol. The van der Waals surface area contributed by atoms with Gasteiger partial charge in [0.25, 0.3) is 5.91 Å². The quantitative estimate of drug-likeness (QED) is 0.797. The van der Waals surface area contributed by atoms with Crippen LogP contribution in [-0.2, 0) is 4.79 Å². The summed E-state index contributed by atoms with van der Waals surface area (Å²) in [6, 6.07) is 9.12. The number of ether oxygens (including phenoxy) is 1. The average molecular weight is 365 g/mol. The minimum atomic E-state index is -0.653. The lowest BCUT2D eigenvalue weighted by molar-refractivity contribution is -0.126. The molecule has 0 fully saturated rings. The number of nitrogens with zero attached hydrogens (tertiary/aromatic N) is 2. The average Bonchev–Trinajstić information content (AvgIpc) is 2.46. The molecule has 1 amide bonds. The Morgan fingerprint density at radius 3 is 2.36 bits per heavy atom. The molecular formula is C15H17BrN4O2. The van der Waals surface area contributed by atoms with E-state index in [0.29, 0.717) is 11.7 Å². The smallest absolute Gasteiger partial charge is 0.279 e. The molecule has 1 heterocycles. The first kappa shape index (κ1) is 16.2. The van der Waals surface area contributed by atoms with Gasteiger partial charge in [0, 0.05) is 15.9 Å². The van der Waals surface area contributed by atoms with E-state index in [0.717, 1.165) is 15.9 Å². The Kier molecular flexibility index (Phi) is 5.32. The van der Waals surface area contributed by atoms with Crippen LogP contribution in [0.25, 0.3) is 0 Å². The van der Waals surface area contributed by atoms with Crippen molar-refractivity contribution in [1.29, 1.82) is 0 Å². The van der Waals surface area contributed by atoms with Crippen molar-refractivity contribution in [3.63, 3.8) is 0 Å². The van der Waals surface area contributed by atoms with Crippen LogP contribution in [-0.4, -0.2) is 22.0 Å². The van der Waals surface area contributed by atoms with E-state index in [1.54, 1.807) is 19.1 Å². The number of carbonyl (C=O) groups is 1. The molecule has 116 valence electrons. The fraction of sp³-hybridized carbons (Fsp3) is 0.267. The second-order valence-electron chi connectivity index (χ2n) is 4.80. The summed E-state index contributed by atoms with van der Waals surface area (Å²) < 4.78 is 6.50. The lowest BCUT2D eigenvalue weighted by Crippen LogP contribution is -2.40. The highest BCUT2D eigenvalue weighted by atomic mass is 79.9. The Hall–Kier alpha value is -2.15. The molecule has 0 aliphatic carbocycles. The summed E-state index contributed by atoms with van der Waals surface area (Å²) in [6.45, 7) is 5.39. The highest BCUT2D eigenvalue weighted by Crippen LogP contribution is 2.17. The van der Waals surface area contributed by atoms with Gasteiger partial charge >= 0.3 is 0 Å². The first-order chi connectivity index (χ1) is 10.4. The van der Waals surface area contributed by atoms with E-state index in [2.05, 4.69) is 36.7 Å². The predicted molar refractivity (Wildman–Crippen MR) is 87.5 cm³/mol. The van der Waals surface area contributed by atoms with Gasteiger partial charge in [-0.2, -0.15) is 0 Å². The summed E-state index contributed by atoms with van der Waals surface area (Å²) in [5.74, 6) is 0.654. The van der Waals surface area contributed by atoms with Gasteiger partial charge in [0.1, 0.15) is 5.75 Å². The van der Waals surface area contributed by atoms with E-state index in [9.17, 15) is 4.79 Å². The molecule has 0 aliphatic heterocycles. The topological polar surface area (TPSA) is 76.1 Å². The maximum atomic E-state index is 12.0. The Labute approximate surface area is 137 Å². The van der Waals surface area contributed by atoms with E-state index < -0.39 is 6.10 Å². The highest BCUT2D eigenvalue weighted by molar-refractivity contribution is 9.10. The zero-order chi connectivity index (χ0) is 16.1. The van der Waals surface area contributed by atoms with Crippen LogP contribution < -0.4 is 15.6 Å². The fourth-order valence-electron chi connectivity index (χ4n) is 1.77. The van der Waals surface area contributed by atoms with E-state index in [-0.39, 0.29) is 5.91 Å². The van der Waals surface area contributed by atoms with Crippen LogP contribution in [0.5, 0.6) is 5.75 Å². The summed E-state index contributed by atoms with van der Waals surface area (Å²) in [4.78, 5) is 20.3. The third-order valence-corrected chi connectivity index (χ3v) is 3.30. The second kappa shape index (κ2) is 7.22. The summed E-state index contributed by atoms with van der Waals surface area (Å²) in [7, 11) is 0. The third-order valence-electron chi connectivity index (χ3n) is 2.78. The van der Waals surface area contributed by atoms with Crippen molar-refractivity contribution in [3.05, 3.63) is 46.2 Å². The lowest BCUT2D eigenvalue weighted by atomic mass is 10.3. The molecule has 2 N–H and O–H groups in total. The zero-order valence-electron chi connectivity index (χ0n) is 12.6. The van der Waals surface area contributed by atoms with Gasteiger partial charge in [0.05, 0.1) is 0 Å². The van der Waals surface area contributed by atoms with Crippen molar-refractivity contribution >= 4 is 27.8 Å². The maximum absolute atomic E-state index is 12.0. The molecule has 22 heavy (non-hydrogen) atoms. The van der Waals surface area contributed by atoms with Crippen molar-refractivity contribution < 1.29 is 9.53 Å². The number of halogens is 1. The summed E-state index contributed by atoms with van der Waals surface area (Å²) in [5, 5.41) is 0. The number of anilines is 1. The largest absolute Gasteiger partial charge is 0.481 e. The Bertz CT molecular complexity index is 641. The molecule has 0 spiro atoms. The standard InChI is InChI=1S/C15H17BrN4O2/c1-9-8-10(2)18-15(17-9)20-19-14(21)11(3)22-13-6-4-12(16)5-7-13/h4-8,11H,1-3H3,(H,19,21)(H,17,18,20). The van der Waals surface area contributed by atoms with E-state index >= 15 is 0 Å². The Balaban J connectivity index is 1.89. The number of hydrogen-bond donors (Lipinski definition) is 2. The molecule has 1 aromatic carbocycles. The van der Waals surface area contributed by atoms with Gasteiger partial charge in [-0.1, -0.05) is 15.9 Å². The van der Waals surface area contributed by atoms with Gasteiger partial charge in [-0.05, 0) is 51.1 Å². The molecule has 7 heteroatoms. The van der Waals surface area contributed by atoms with Gasteiger partial charge in [-0.25, -0.2) is 9.97 Å². The van der Waals surface area contributed by atoms with Gasteiger partial charge in [0.2, 0.25) is 5.95 Å². The number of hydrogen-bond acceptors (Lipinski definition) is 5. The Morgan fingerprint density at radius 2 is 1.77 bits per heavy atom. The predicted octanol–water partition coefficient (Wildman–Crippen LogP) is 2.77. The fourth-order valence-corrected chi connectivity index (χ4v) is 2.04. The van der Waals surface area contributed by atoms with Crippen LogP contribution in [0, 0.1) is 13.8 Å². The first-order valence-electron chi connectivity index (χ1n) is 6.74. The summed E-state index contributed by atoms with van der Waals surface area (Å²) >= 11 is 3.34. The molecule has 1 aromatic heterocycles. The minimum Gasteiger partial charge on any atom is -0.481 e. The molecular weight excluding hydrogens is 348 g/mol. The number of nitrogens with one attached hydrogen (secondary N) is 2. The van der Waals surface area contributed by atoms with Crippen LogP contribution in [0.3, 0.4) is 0 Å². The number of amides is 1. The molecule has 0 bridgehead atoms. The molecule has 0 saturated heterocycles. The molecule has 2 aromatic rings. The number of aryl methyl sites for hydroxylation is 2. The van der Waals surface area contributed by atoms with E-state index in [1.807, 2.05) is 32.0 Å². The molecule has 0 aliphatic rings. The molecule has 6 nitrogen and oxygen atoms in total. The number of benzene rings is 1. The van der Waals surface area contributed by atoms with Crippen molar-refractivity contribution in [1.82, 2.24) is 15.4 Å². The van der Waals surface area contributed by atoms with Gasteiger partial charge < -0.3 is 4.74 Å². The molecule has 1 atom stereocenters. The Morgan fingerprint density at radius 1 is 1.18 bits per heavy atom. The van der Waals surface area contributed by atoms with Crippen molar-refractivity contribution in [2.45, 2.75) is 26.9 Å². The van der Waals surface area contributed by atoms with Crippen molar-refractivity contribution in [2.24, 2.45) is 0 Å². The van der Waals surface area contributed by atoms with Crippen LogP contribution in [0.1, 0.15) is 18.3 Å². The van der Waals surface area contributed by atoms with Crippen LogP contribution in [0.2, 0.25) is 0 Å². The minimum absolute atomic E-state index is 0.314. The first-order valence-corrected chi connectivity index (χ1v) is 7.54. The molecule has 2 rings (SSSR count). The van der Waals surface area contributed by atoms with Crippen LogP contribution >= 0.6 is 15.9 Å². The van der Waals surface area contributed by atoms with Crippen molar-refractivity contribution in [3.8, 4) is 5.75 Å². The maximum Gasteiger partial charge on any atom is 0.279 e. The molecule has 0 radical (unpaired) electrons. The van der Waals surface area contributed by atoms with Crippen molar-refractivity contribution in [2.75, 3.05) is 5.43 Å². The summed E-state index contributed by atoms with van der Waals surface area (Å²) in [6.07, 6.45) is -0.653. The van der Waals surface area contributed by atoms with Crippen LogP contribution in [0.4, 0.5) is 5.95 Å². The van der Waals surface area contributed by atoms with Gasteiger partial charge in [-0.3, -0.25) is 15.6 Å². The SMILES string of the molecule is Cc1cc(C)nc(NNC(=O)C(C)Oc2ccc(Br)cc2)n1. The normalized spacial score (nSPS) is 11.6. The lowest BCUT2D eigenvalue weighted by Gasteiger charge is -2.15. The second-order valence-corrected chi connectivity index (χ2v) is 5.72. The summed E-state index contributed by atoms with van der Waals surface area (Å²) in [5.41, 5.74) is 6.87. The van der Waals surface area contributed by atoms with E-state index in [4.69, 9.17) is 4.74 Å².